The van der Waals surface area contributed by atoms with Gasteiger partial charge in [0.1, 0.15) is 0 Å². The summed E-state index contributed by atoms with van der Waals surface area (Å²) in [6.45, 7) is 4.06. The fraction of sp³-hybridized carbons (Fsp3) is 0.0351. The molecule has 286 valence electrons. The van der Waals surface area contributed by atoms with Crippen molar-refractivity contribution < 1.29 is 0 Å². The quantitative estimate of drug-likeness (QED) is 0.130. The van der Waals surface area contributed by atoms with Gasteiger partial charge in [-0.05, 0) is 106 Å². The van der Waals surface area contributed by atoms with Crippen LogP contribution in [-0.2, 0) is 0 Å². The van der Waals surface area contributed by atoms with E-state index in [4.69, 9.17) is 15.0 Å². The Kier molecular flexibility index (Phi) is 11.0. The van der Waals surface area contributed by atoms with Crippen molar-refractivity contribution in [2.75, 3.05) is 0 Å². The van der Waals surface area contributed by atoms with Crippen LogP contribution in [0.2, 0.25) is 0 Å². The van der Waals surface area contributed by atoms with Gasteiger partial charge in [0, 0.05) is 34.1 Å². The first-order chi connectivity index (χ1) is 29.6. The summed E-state index contributed by atoms with van der Waals surface area (Å²) in [5.74, 6) is 0.688. The summed E-state index contributed by atoms with van der Waals surface area (Å²) >= 11 is 0. The number of pyridine rings is 1. The highest BCUT2D eigenvalue weighted by Crippen LogP contribution is 2.44. The molecule has 0 aliphatic rings. The third kappa shape index (κ3) is 8.16. The molecule has 3 nitrogen and oxygen atoms in total. The molecular weight excluding hydrogens is 727 g/mol. The standard InChI is InChI=1S/C57H43N3/c1-3-4-9-19-41-31-33-49(56-38-55(44-24-14-7-15-25-44)59-57(60-56)45-26-16-8-17-27-45)50(34-41)46-28-18-29-47(35-46)53-36-52(43-22-12-6-13-23-43)54(48-32-30-40(2)58-39-48)37-51(53)42-20-10-5-11-21-42/h3-39H,1-2H3/b4-3-,19-9-. The molecular formula is C57H43N3. The molecule has 7 aromatic carbocycles. The smallest absolute Gasteiger partial charge is 0.160 e. The van der Waals surface area contributed by atoms with E-state index in [1.807, 2.05) is 50.4 Å². The number of aryl methyl sites for hydroxylation is 1. The van der Waals surface area contributed by atoms with Crippen molar-refractivity contribution in [3.8, 4) is 89.5 Å². The average Bonchev–Trinajstić information content (AvgIpc) is 3.32. The first-order valence-corrected chi connectivity index (χ1v) is 20.4. The summed E-state index contributed by atoms with van der Waals surface area (Å²) in [6, 6.07) is 68.7. The monoisotopic (exact) mass is 769 g/mol. The maximum absolute atomic E-state index is 5.27. The Morgan fingerprint density at radius 2 is 0.883 bits per heavy atom. The van der Waals surface area contributed by atoms with Gasteiger partial charge in [0.25, 0.3) is 0 Å². The van der Waals surface area contributed by atoms with E-state index in [2.05, 4.69) is 188 Å². The van der Waals surface area contributed by atoms with Gasteiger partial charge in [-0.1, -0.05) is 182 Å². The fourth-order valence-electron chi connectivity index (χ4n) is 7.74. The summed E-state index contributed by atoms with van der Waals surface area (Å²) in [5.41, 5.74) is 18.2. The SMILES string of the molecule is C/C=C\C=C/c1ccc(-c2cc(-c3ccccc3)nc(-c3ccccc3)n2)c(-c2cccc(-c3cc(-c4ccccc4)c(-c4ccc(C)nc4)cc3-c3ccccc3)c2)c1. The Bertz CT molecular complexity index is 2890. The van der Waals surface area contributed by atoms with Crippen LogP contribution in [0, 0.1) is 6.92 Å². The van der Waals surface area contributed by atoms with Crippen LogP contribution >= 0.6 is 0 Å². The minimum Gasteiger partial charge on any atom is -0.261 e. The molecule has 0 amide bonds. The molecule has 0 unspecified atom stereocenters. The summed E-state index contributed by atoms with van der Waals surface area (Å²) in [7, 11) is 0. The fourth-order valence-corrected chi connectivity index (χ4v) is 7.74. The average molecular weight is 770 g/mol. The van der Waals surface area contributed by atoms with Gasteiger partial charge in [0.15, 0.2) is 5.82 Å². The minimum atomic E-state index is 0.688. The molecule has 2 heterocycles. The zero-order valence-electron chi connectivity index (χ0n) is 33.7. The van der Waals surface area contributed by atoms with Crippen LogP contribution in [0.4, 0.5) is 0 Å². The maximum atomic E-state index is 5.27. The summed E-state index contributed by atoms with van der Waals surface area (Å²) < 4.78 is 0. The molecule has 0 saturated carbocycles. The highest BCUT2D eigenvalue weighted by molar-refractivity contribution is 5.96. The molecule has 0 fully saturated rings. The Morgan fingerprint density at radius 1 is 0.367 bits per heavy atom. The number of rotatable bonds is 10. The Balaban J connectivity index is 1.27. The topological polar surface area (TPSA) is 38.7 Å². The first kappa shape index (κ1) is 37.8. The molecule has 0 aliphatic carbocycles. The molecule has 3 heteroatoms. The molecule has 0 aliphatic heterocycles. The van der Waals surface area contributed by atoms with Crippen LogP contribution < -0.4 is 0 Å². The van der Waals surface area contributed by atoms with Crippen molar-refractivity contribution in [1.29, 1.82) is 0 Å². The van der Waals surface area contributed by atoms with E-state index in [1.54, 1.807) is 0 Å². The van der Waals surface area contributed by atoms with Gasteiger partial charge in [-0.3, -0.25) is 4.98 Å². The number of aromatic nitrogens is 3. The zero-order valence-corrected chi connectivity index (χ0v) is 33.7. The normalized spacial score (nSPS) is 11.4. The number of nitrogens with zero attached hydrogens (tertiary/aromatic N) is 3. The second kappa shape index (κ2) is 17.4. The highest BCUT2D eigenvalue weighted by atomic mass is 14.9. The van der Waals surface area contributed by atoms with Gasteiger partial charge in [0.2, 0.25) is 0 Å². The lowest BCUT2D eigenvalue weighted by Gasteiger charge is -2.19. The molecule has 0 N–H and O–H groups in total. The third-order valence-corrected chi connectivity index (χ3v) is 10.8. The van der Waals surface area contributed by atoms with Crippen LogP contribution in [0.1, 0.15) is 18.2 Å². The van der Waals surface area contributed by atoms with Crippen LogP contribution in [0.5, 0.6) is 0 Å². The van der Waals surface area contributed by atoms with E-state index in [1.165, 1.54) is 0 Å². The molecule has 0 atom stereocenters. The second-order valence-electron chi connectivity index (χ2n) is 14.8. The Hall–Kier alpha value is -7.75. The Morgan fingerprint density at radius 3 is 1.47 bits per heavy atom. The van der Waals surface area contributed by atoms with E-state index >= 15 is 0 Å². The van der Waals surface area contributed by atoms with Gasteiger partial charge >= 0.3 is 0 Å². The molecule has 60 heavy (non-hydrogen) atoms. The molecule has 0 radical (unpaired) electrons. The van der Waals surface area contributed by atoms with Gasteiger partial charge < -0.3 is 0 Å². The van der Waals surface area contributed by atoms with Crippen LogP contribution in [0.15, 0.2) is 219 Å². The van der Waals surface area contributed by atoms with E-state index in [9.17, 15) is 0 Å². The molecule has 2 aromatic heterocycles. The van der Waals surface area contributed by atoms with Gasteiger partial charge in [-0.25, -0.2) is 9.97 Å². The maximum Gasteiger partial charge on any atom is 0.160 e. The highest BCUT2D eigenvalue weighted by Gasteiger charge is 2.19. The number of allylic oxidation sites excluding steroid dienone is 3. The van der Waals surface area contributed by atoms with E-state index in [0.29, 0.717) is 5.82 Å². The van der Waals surface area contributed by atoms with Crippen molar-refractivity contribution in [3.63, 3.8) is 0 Å². The molecule has 0 spiro atoms. The second-order valence-corrected chi connectivity index (χ2v) is 14.8. The molecule has 9 rings (SSSR count). The molecule has 0 saturated heterocycles. The predicted molar refractivity (Wildman–Crippen MR) is 252 cm³/mol. The lowest BCUT2D eigenvalue weighted by Crippen LogP contribution is -1.97. The number of benzene rings is 7. The number of hydrogen-bond acceptors (Lipinski definition) is 3. The summed E-state index contributed by atoms with van der Waals surface area (Å²) in [4.78, 5) is 15.1. The molecule has 9 aromatic rings. The van der Waals surface area contributed by atoms with Gasteiger partial charge in [-0.2, -0.15) is 0 Å². The van der Waals surface area contributed by atoms with Crippen LogP contribution in [0.25, 0.3) is 95.6 Å². The molecule has 0 bridgehead atoms. The van der Waals surface area contributed by atoms with E-state index in [0.717, 1.165) is 95.0 Å². The van der Waals surface area contributed by atoms with Crippen LogP contribution in [0.3, 0.4) is 0 Å². The lowest BCUT2D eigenvalue weighted by molar-refractivity contribution is 1.18. The van der Waals surface area contributed by atoms with Crippen molar-refractivity contribution in [1.82, 2.24) is 15.0 Å². The van der Waals surface area contributed by atoms with Crippen molar-refractivity contribution in [2.24, 2.45) is 0 Å². The van der Waals surface area contributed by atoms with E-state index < -0.39 is 0 Å². The zero-order chi connectivity index (χ0) is 40.7. The number of hydrogen-bond donors (Lipinski definition) is 0. The van der Waals surface area contributed by atoms with Crippen LogP contribution in [-0.4, -0.2) is 15.0 Å². The predicted octanol–water partition coefficient (Wildman–Crippen LogP) is 15.1. The van der Waals surface area contributed by atoms with Crippen molar-refractivity contribution in [3.05, 3.63) is 230 Å². The minimum absolute atomic E-state index is 0.688. The Labute approximate surface area is 352 Å². The lowest BCUT2D eigenvalue weighted by atomic mass is 9.85. The van der Waals surface area contributed by atoms with Gasteiger partial charge in [0.05, 0.1) is 11.4 Å². The van der Waals surface area contributed by atoms with E-state index in [-0.39, 0.29) is 0 Å². The van der Waals surface area contributed by atoms with Gasteiger partial charge in [-0.15, -0.1) is 0 Å². The first-order valence-electron chi connectivity index (χ1n) is 20.4. The van der Waals surface area contributed by atoms with Crippen molar-refractivity contribution in [2.45, 2.75) is 13.8 Å². The largest absolute Gasteiger partial charge is 0.261 e. The van der Waals surface area contributed by atoms with Crippen molar-refractivity contribution >= 4 is 6.08 Å². The summed E-state index contributed by atoms with van der Waals surface area (Å²) in [5, 5.41) is 0. The summed E-state index contributed by atoms with van der Waals surface area (Å²) in [6.07, 6.45) is 10.3. The third-order valence-electron chi connectivity index (χ3n) is 10.8.